The Morgan fingerprint density at radius 2 is 1.80 bits per heavy atom. The zero-order valence-electron chi connectivity index (χ0n) is 16.5. The number of benzene rings is 2. The fourth-order valence-electron chi connectivity index (χ4n) is 3.01. The molecule has 1 N–H and O–H groups in total. The average molecular weight is 453 g/mol. The van der Waals surface area contributed by atoms with Gasteiger partial charge in [0.15, 0.2) is 0 Å². The molecule has 0 saturated carbocycles. The lowest BCUT2D eigenvalue weighted by Crippen LogP contribution is -2.40. The largest absolute Gasteiger partial charge is 0.465 e. The molecule has 1 amide bonds. The second kappa shape index (κ2) is 9.13. The molecule has 1 saturated heterocycles. The number of methoxy groups -OCH3 is 1. The Labute approximate surface area is 179 Å². The highest BCUT2D eigenvalue weighted by atomic mass is 35.5. The zero-order chi connectivity index (χ0) is 21.9. The molecule has 0 atom stereocenters. The Bertz CT molecular complexity index is 1080. The number of nitrogens with zero attached hydrogens (tertiary/aromatic N) is 1. The second-order valence-corrected chi connectivity index (χ2v) is 8.98. The highest BCUT2D eigenvalue weighted by Gasteiger charge is 2.27. The van der Waals surface area contributed by atoms with E-state index in [4.69, 9.17) is 16.3 Å². The van der Waals surface area contributed by atoms with Crippen LogP contribution in [0.5, 0.6) is 0 Å². The average Bonchev–Trinajstić information content (AvgIpc) is 2.75. The van der Waals surface area contributed by atoms with Crippen LogP contribution in [-0.2, 0) is 19.5 Å². The molecule has 2 aromatic rings. The van der Waals surface area contributed by atoms with Crippen LogP contribution in [0.3, 0.4) is 0 Å². The lowest BCUT2D eigenvalue weighted by atomic mass is 10.1. The van der Waals surface area contributed by atoms with E-state index in [1.807, 2.05) is 0 Å². The summed E-state index contributed by atoms with van der Waals surface area (Å²) >= 11 is 6.00. The fourth-order valence-corrected chi connectivity index (χ4v) is 4.64. The third kappa shape index (κ3) is 4.65. The molecule has 1 aliphatic heterocycles. The van der Waals surface area contributed by atoms with Crippen molar-refractivity contribution in [2.75, 3.05) is 38.7 Å². The summed E-state index contributed by atoms with van der Waals surface area (Å²) < 4.78 is 37.0. The number of rotatable bonds is 5. The summed E-state index contributed by atoms with van der Waals surface area (Å²) in [6.45, 7) is 2.90. The van der Waals surface area contributed by atoms with Gasteiger partial charge < -0.3 is 14.8 Å². The lowest BCUT2D eigenvalue weighted by molar-refractivity contribution is 0.0600. The molecule has 10 heteroatoms. The number of aryl methyl sites for hydroxylation is 1. The number of anilines is 1. The maximum atomic E-state index is 12.9. The Morgan fingerprint density at radius 3 is 2.47 bits per heavy atom. The van der Waals surface area contributed by atoms with Gasteiger partial charge in [0.25, 0.3) is 5.91 Å². The summed E-state index contributed by atoms with van der Waals surface area (Å²) in [5, 5.41) is 2.86. The van der Waals surface area contributed by atoms with Gasteiger partial charge in [-0.15, -0.1) is 0 Å². The van der Waals surface area contributed by atoms with Gasteiger partial charge in [-0.25, -0.2) is 13.2 Å². The predicted molar refractivity (Wildman–Crippen MR) is 112 cm³/mol. The molecule has 1 fully saturated rings. The van der Waals surface area contributed by atoms with Crippen LogP contribution < -0.4 is 5.32 Å². The third-order valence-electron chi connectivity index (χ3n) is 4.69. The minimum atomic E-state index is -3.74. The molecule has 0 spiro atoms. The van der Waals surface area contributed by atoms with Gasteiger partial charge in [0.2, 0.25) is 10.0 Å². The zero-order valence-corrected chi connectivity index (χ0v) is 18.0. The van der Waals surface area contributed by atoms with Crippen molar-refractivity contribution in [2.45, 2.75) is 11.8 Å². The Hall–Kier alpha value is -2.46. The van der Waals surface area contributed by atoms with Crippen molar-refractivity contribution in [3.05, 3.63) is 58.1 Å². The van der Waals surface area contributed by atoms with Crippen LogP contribution in [0.1, 0.15) is 26.3 Å². The van der Waals surface area contributed by atoms with E-state index < -0.39 is 21.9 Å². The van der Waals surface area contributed by atoms with Gasteiger partial charge in [0.1, 0.15) is 0 Å². The first-order valence-electron chi connectivity index (χ1n) is 9.12. The number of hydrogen-bond donors (Lipinski definition) is 1. The topological polar surface area (TPSA) is 102 Å². The number of carbonyl (C=O) groups is 2. The van der Waals surface area contributed by atoms with Gasteiger partial charge in [0, 0.05) is 24.3 Å². The molecular weight excluding hydrogens is 432 g/mol. The first kappa shape index (κ1) is 22.2. The van der Waals surface area contributed by atoms with Crippen molar-refractivity contribution >= 4 is 39.2 Å². The van der Waals surface area contributed by atoms with Crippen LogP contribution >= 0.6 is 11.6 Å². The number of hydrogen-bond acceptors (Lipinski definition) is 6. The monoisotopic (exact) mass is 452 g/mol. The van der Waals surface area contributed by atoms with Gasteiger partial charge in [0.05, 0.1) is 35.8 Å². The van der Waals surface area contributed by atoms with Crippen molar-refractivity contribution in [3.63, 3.8) is 0 Å². The number of esters is 1. The molecule has 0 unspecified atom stereocenters. The van der Waals surface area contributed by atoms with Crippen molar-refractivity contribution in [3.8, 4) is 0 Å². The van der Waals surface area contributed by atoms with E-state index in [1.165, 1.54) is 41.7 Å². The van der Waals surface area contributed by atoms with E-state index in [2.05, 4.69) is 10.1 Å². The maximum Gasteiger partial charge on any atom is 0.339 e. The number of halogens is 1. The van der Waals surface area contributed by atoms with E-state index in [9.17, 15) is 18.0 Å². The summed E-state index contributed by atoms with van der Waals surface area (Å²) in [6.07, 6.45) is 0. The van der Waals surface area contributed by atoms with Crippen LogP contribution in [0.25, 0.3) is 0 Å². The van der Waals surface area contributed by atoms with E-state index in [1.54, 1.807) is 13.0 Å². The van der Waals surface area contributed by atoms with Gasteiger partial charge >= 0.3 is 5.97 Å². The number of amides is 1. The van der Waals surface area contributed by atoms with Crippen LogP contribution in [-0.4, -0.2) is 58.0 Å². The van der Waals surface area contributed by atoms with Crippen molar-refractivity contribution in [1.29, 1.82) is 0 Å². The summed E-state index contributed by atoms with van der Waals surface area (Å²) in [6, 6.07) is 8.83. The number of nitrogens with one attached hydrogen (secondary N) is 1. The Balaban J connectivity index is 1.88. The number of carbonyl (C=O) groups excluding carboxylic acids is 2. The fraction of sp³-hybridized carbons (Fsp3) is 0.300. The minimum absolute atomic E-state index is 0.0338. The predicted octanol–water partition coefficient (Wildman–Crippen LogP) is 2.71. The second-order valence-electron chi connectivity index (χ2n) is 6.63. The highest BCUT2D eigenvalue weighted by Crippen LogP contribution is 2.24. The molecule has 0 bridgehead atoms. The normalized spacial score (nSPS) is 14.9. The molecule has 2 aromatic carbocycles. The molecule has 0 aliphatic carbocycles. The Kier molecular flexibility index (Phi) is 6.77. The Morgan fingerprint density at radius 1 is 1.10 bits per heavy atom. The van der Waals surface area contributed by atoms with Crippen LogP contribution in [0.2, 0.25) is 5.02 Å². The SMILES string of the molecule is COC(=O)c1cc(NC(=O)c2cc(S(=O)(=O)N3CCOCC3)ccc2C)ccc1Cl. The molecule has 0 aromatic heterocycles. The standard InChI is InChI=1S/C20H21ClN2O6S/c1-13-3-5-15(30(26,27)23-7-9-29-10-8-23)12-16(13)19(24)22-14-4-6-18(21)17(11-14)20(25)28-2/h3-6,11-12H,7-10H2,1-2H3,(H,22,24). The molecule has 1 aliphatic rings. The molecular formula is C20H21ClN2O6S. The lowest BCUT2D eigenvalue weighted by Gasteiger charge is -2.26. The minimum Gasteiger partial charge on any atom is -0.465 e. The summed E-state index contributed by atoms with van der Waals surface area (Å²) in [5.41, 5.74) is 1.25. The quantitative estimate of drug-likeness (QED) is 0.700. The van der Waals surface area contributed by atoms with Gasteiger partial charge in [-0.05, 0) is 42.8 Å². The first-order valence-corrected chi connectivity index (χ1v) is 10.9. The van der Waals surface area contributed by atoms with Crippen molar-refractivity contribution in [1.82, 2.24) is 4.31 Å². The molecule has 3 rings (SSSR count). The molecule has 1 heterocycles. The molecule has 8 nitrogen and oxygen atoms in total. The molecule has 0 radical (unpaired) electrons. The van der Waals surface area contributed by atoms with E-state index >= 15 is 0 Å². The van der Waals surface area contributed by atoms with Crippen molar-refractivity contribution in [2.24, 2.45) is 0 Å². The van der Waals surface area contributed by atoms with E-state index in [-0.39, 0.29) is 34.1 Å². The summed E-state index contributed by atoms with van der Waals surface area (Å²) in [4.78, 5) is 24.7. The summed E-state index contributed by atoms with van der Waals surface area (Å²) in [7, 11) is -2.51. The first-order chi connectivity index (χ1) is 14.2. The van der Waals surface area contributed by atoms with Gasteiger partial charge in [-0.1, -0.05) is 17.7 Å². The number of sulfonamides is 1. The smallest absolute Gasteiger partial charge is 0.339 e. The van der Waals surface area contributed by atoms with Crippen LogP contribution in [0.4, 0.5) is 5.69 Å². The highest BCUT2D eigenvalue weighted by molar-refractivity contribution is 7.89. The van der Waals surface area contributed by atoms with E-state index in [0.29, 0.717) is 24.5 Å². The van der Waals surface area contributed by atoms with Crippen LogP contribution in [0.15, 0.2) is 41.3 Å². The molecule has 160 valence electrons. The van der Waals surface area contributed by atoms with Gasteiger partial charge in [-0.3, -0.25) is 4.79 Å². The summed E-state index contributed by atoms with van der Waals surface area (Å²) in [5.74, 6) is -1.14. The van der Waals surface area contributed by atoms with Gasteiger partial charge in [-0.2, -0.15) is 4.31 Å². The van der Waals surface area contributed by atoms with E-state index in [0.717, 1.165) is 0 Å². The molecule has 30 heavy (non-hydrogen) atoms. The number of morpholine rings is 1. The third-order valence-corrected chi connectivity index (χ3v) is 6.92. The number of ether oxygens (including phenoxy) is 2. The maximum absolute atomic E-state index is 12.9. The van der Waals surface area contributed by atoms with Crippen LogP contribution in [0, 0.1) is 6.92 Å². The van der Waals surface area contributed by atoms with Crippen molar-refractivity contribution < 1.29 is 27.5 Å².